The molecule has 1 saturated heterocycles. The number of aromatic nitrogens is 2. The summed E-state index contributed by atoms with van der Waals surface area (Å²) in [4.78, 5) is 28.5. The molecule has 12 heteroatoms. The molecular weight excluding hydrogens is 545 g/mol. The minimum Gasteiger partial charge on any atom is -0.467 e. The van der Waals surface area contributed by atoms with Gasteiger partial charge in [-0.05, 0) is 37.1 Å². The molecule has 1 unspecified atom stereocenters. The summed E-state index contributed by atoms with van der Waals surface area (Å²) in [7, 11) is 0. The number of hydrogen-bond acceptors (Lipinski definition) is 7. The van der Waals surface area contributed by atoms with Crippen LogP contribution in [0.2, 0.25) is 10.0 Å². The van der Waals surface area contributed by atoms with Gasteiger partial charge in [0.15, 0.2) is 12.7 Å². The van der Waals surface area contributed by atoms with E-state index in [0.29, 0.717) is 29.6 Å². The lowest BCUT2D eigenvalue weighted by Gasteiger charge is -2.31. The summed E-state index contributed by atoms with van der Waals surface area (Å²) in [6, 6.07) is 7.97. The molecule has 2 aliphatic heterocycles. The van der Waals surface area contributed by atoms with E-state index >= 15 is 0 Å². The van der Waals surface area contributed by atoms with Gasteiger partial charge in [-0.25, -0.2) is 18.7 Å². The maximum Gasteiger partial charge on any atom is 0.269 e. The van der Waals surface area contributed by atoms with Crippen molar-refractivity contribution in [1.29, 1.82) is 0 Å². The third-order valence-corrected chi connectivity index (χ3v) is 8.04. The molecule has 1 amide bonds. The van der Waals surface area contributed by atoms with Crippen LogP contribution in [0.5, 0.6) is 5.88 Å². The van der Waals surface area contributed by atoms with Crippen LogP contribution in [0.3, 0.4) is 0 Å². The van der Waals surface area contributed by atoms with Crippen molar-refractivity contribution < 1.29 is 23.1 Å². The van der Waals surface area contributed by atoms with Gasteiger partial charge in [-0.15, -0.1) is 11.3 Å². The molecule has 2 aliphatic rings. The molecular formula is C25H22Cl2F2N4O3S. The number of pyridine rings is 1. The molecule has 194 valence electrons. The predicted octanol–water partition coefficient (Wildman–Crippen LogP) is 6.43. The van der Waals surface area contributed by atoms with Crippen LogP contribution in [-0.2, 0) is 9.63 Å². The molecule has 7 nitrogen and oxygen atoms in total. The zero-order valence-electron chi connectivity index (χ0n) is 19.4. The Morgan fingerprint density at radius 3 is 2.68 bits per heavy atom. The molecule has 0 radical (unpaired) electrons. The maximum absolute atomic E-state index is 13.1. The Balaban J connectivity index is 1.14. The van der Waals surface area contributed by atoms with Crippen LogP contribution >= 0.6 is 34.5 Å². The fourth-order valence-corrected chi connectivity index (χ4v) is 6.04. The van der Waals surface area contributed by atoms with E-state index in [0.717, 1.165) is 34.8 Å². The highest BCUT2D eigenvalue weighted by atomic mass is 35.5. The molecule has 1 aromatic carbocycles. The lowest BCUT2D eigenvalue weighted by atomic mass is 9.97. The predicted molar refractivity (Wildman–Crippen MR) is 137 cm³/mol. The monoisotopic (exact) mass is 566 g/mol. The van der Waals surface area contributed by atoms with E-state index in [4.69, 9.17) is 37.8 Å². The van der Waals surface area contributed by atoms with Crippen molar-refractivity contribution in [2.45, 2.75) is 37.7 Å². The average Bonchev–Trinajstić information content (AvgIpc) is 3.58. The number of hydrogen-bond donors (Lipinski definition) is 0. The number of thiazole rings is 1. The highest BCUT2D eigenvalue weighted by Crippen LogP contribution is 2.39. The fourth-order valence-electron chi connectivity index (χ4n) is 4.40. The van der Waals surface area contributed by atoms with Crippen LogP contribution in [-0.4, -0.2) is 46.2 Å². The molecule has 0 saturated carbocycles. The van der Waals surface area contributed by atoms with Crippen molar-refractivity contribution in [2.75, 3.05) is 19.7 Å². The van der Waals surface area contributed by atoms with E-state index in [9.17, 15) is 13.6 Å². The van der Waals surface area contributed by atoms with Gasteiger partial charge in [-0.3, -0.25) is 4.79 Å². The topological polar surface area (TPSA) is 76.9 Å². The third kappa shape index (κ3) is 5.71. The second-order valence-corrected chi connectivity index (χ2v) is 10.4. The van der Waals surface area contributed by atoms with Crippen molar-refractivity contribution in [1.82, 2.24) is 14.9 Å². The Hall–Kier alpha value is -2.82. The summed E-state index contributed by atoms with van der Waals surface area (Å²) in [5, 5.41) is 8.25. The van der Waals surface area contributed by atoms with Crippen molar-refractivity contribution in [3.8, 4) is 5.88 Å². The number of carbonyl (C=O) groups excluding carboxylic acids is 1. The summed E-state index contributed by atoms with van der Waals surface area (Å²) < 4.78 is 31.5. The van der Waals surface area contributed by atoms with Gasteiger partial charge in [-0.1, -0.05) is 34.4 Å². The number of nitrogens with zero attached hydrogens (tertiary/aromatic N) is 4. The zero-order chi connectivity index (χ0) is 25.9. The largest absolute Gasteiger partial charge is 0.467 e. The van der Waals surface area contributed by atoms with Gasteiger partial charge in [0.05, 0.1) is 16.3 Å². The molecule has 4 heterocycles. The van der Waals surface area contributed by atoms with Gasteiger partial charge in [0.25, 0.3) is 12.3 Å². The third-order valence-electron chi connectivity index (χ3n) is 6.37. The number of benzene rings is 1. The summed E-state index contributed by atoms with van der Waals surface area (Å²) in [6.45, 7) is 0.727. The molecule has 2 aromatic heterocycles. The normalized spacial score (nSPS) is 18.1. The van der Waals surface area contributed by atoms with Crippen LogP contribution in [0.1, 0.15) is 59.5 Å². The number of likely N-dealkylation sites (tertiary alicyclic amines) is 1. The SMILES string of the molecule is O=C(COc1ncccc1C(F)F)N1CCC(c2nc(C3=NOC(c4c(Cl)cccc4Cl)C3)cs2)CC1. The minimum absolute atomic E-state index is 0.210. The van der Waals surface area contributed by atoms with Crippen LogP contribution in [0.25, 0.3) is 0 Å². The molecule has 1 atom stereocenters. The molecule has 0 spiro atoms. The number of oxime groups is 1. The highest BCUT2D eigenvalue weighted by Gasteiger charge is 2.31. The van der Waals surface area contributed by atoms with E-state index in [1.807, 2.05) is 5.38 Å². The number of halogens is 4. The van der Waals surface area contributed by atoms with E-state index < -0.39 is 6.43 Å². The van der Waals surface area contributed by atoms with Crippen molar-refractivity contribution >= 4 is 46.2 Å². The van der Waals surface area contributed by atoms with Gasteiger partial charge >= 0.3 is 0 Å². The molecule has 1 fully saturated rings. The number of ether oxygens (including phenoxy) is 1. The number of alkyl halides is 2. The van der Waals surface area contributed by atoms with Crippen LogP contribution in [0.15, 0.2) is 47.1 Å². The summed E-state index contributed by atoms with van der Waals surface area (Å²) in [6.07, 6.45) is 0.273. The lowest BCUT2D eigenvalue weighted by molar-refractivity contribution is -0.134. The first-order valence-electron chi connectivity index (χ1n) is 11.7. The molecule has 3 aromatic rings. The van der Waals surface area contributed by atoms with Crippen LogP contribution < -0.4 is 4.74 Å². The molecule has 0 N–H and O–H groups in total. The van der Waals surface area contributed by atoms with Gasteiger partial charge in [0.1, 0.15) is 5.71 Å². The Kier molecular flexibility index (Phi) is 7.87. The standard InChI is InChI=1S/C25H22Cl2F2N4O3S/c26-16-4-1-5-17(27)22(16)20-11-18(32-36-20)19-13-37-25(31-19)14-6-9-33(10-7-14)21(34)12-35-24-15(23(28)29)3-2-8-30-24/h1-5,8,13-14,20,23H,6-7,9-12H2. The van der Waals surface area contributed by atoms with Gasteiger partial charge in [0.2, 0.25) is 5.88 Å². The Morgan fingerprint density at radius 2 is 1.95 bits per heavy atom. The van der Waals surface area contributed by atoms with E-state index in [-0.39, 0.29) is 36.0 Å². The van der Waals surface area contributed by atoms with E-state index in [1.165, 1.54) is 18.3 Å². The minimum atomic E-state index is -2.72. The first-order chi connectivity index (χ1) is 17.9. The Bertz CT molecular complexity index is 1290. The number of carbonyl (C=O) groups is 1. The van der Waals surface area contributed by atoms with Crippen molar-refractivity contribution in [3.63, 3.8) is 0 Å². The first-order valence-corrected chi connectivity index (χ1v) is 13.3. The smallest absolute Gasteiger partial charge is 0.269 e. The van der Waals surface area contributed by atoms with E-state index in [1.54, 1.807) is 34.4 Å². The zero-order valence-corrected chi connectivity index (χ0v) is 21.8. The second kappa shape index (κ2) is 11.3. The second-order valence-electron chi connectivity index (χ2n) is 8.68. The summed E-state index contributed by atoms with van der Waals surface area (Å²) in [5.41, 5.74) is 1.90. The van der Waals surface area contributed by atoms with Gasteiger partial charge in [0, 0.05) is 52.6 Å². The Morgan fingerprint density at radius 1 is 1.19 bits per heavy atom. The highest BCUT2D eigenvalue weighted by molar-refractivity contribution is 7.10. The number of piperidine rings is 1. The molecule has 0 aliphatic carbocycles. The van der Waals surface area contributed by atoms with Gasteiger partial charge < -0.3 is 14.5 Å². The summed E-state index contributed by atoms with van der Waals surface area (Å²) in [5.74, 6) is -0.263. The molecule has 37 heavy (non-hydrogen) atoms. The number of rotatable bonds is 7. The lowest BCUT2D eigenvalue weighted by Crippen LogP contribution is -2.40. The first kappa shape index (κ1) is 25.8. The summed E-state index contributed by atoms with van der Waals surface area (Å²) >= 11 is 14.2. The molecule has 0 bridgehead atoms. The van der Waals surface area contributed by atoms with Crippen molar-refractivity contribution in [3.05, 3.63) is 73.8 Å². The van der Waals surface area contributed by atoms with Crippen LogP contribution in [0.4, 0.5) is 8.78 Å². The average molecular weight is 567 g/mol. The maximum atomic E-state index is 13.1. The Labute approximate surface area is 226 Å². The fraction of sp³-hybridized carbons (Fsp3) is 0.360. The quantitative estimate of drug-likeness (QED) is 0.329. The van der Waals surface area contributed by atoms with Crippen LogP contribution in [0, 0.1) is 0 Å². The van der Waals surface area contributed by atoms with Crippen molar-refractivity contribution in [2.24, 2.45) is 5.16 Å². The van der Waals surface area contributed by atoms with Gasteiger partial charge in [-0.2, -0.15) is 0 Å². The van der Waals surface area contributed by atoms with E-state index in [2.05, 4.69) is 10.1 Å². The molecule has 5 rings (SSSR count). The number of amides is 1.